The zero-order chi connectivity index (χ0) is 20.1. The predicted molar refractivity (Wildman–Crippen MR) is 109 cm³/mol. The monoisotopic (exact) mass is 441 g/mol. The second-order valence-electron chi connectivity index (χ2n) is 5.51. The summed E-state index contributed by atoms with van der Waals surface area (Å²) >= 11 is 13.6. The van der Waals surface area contributed by atoms with E-state index < -0.39 is 5.82 Å². The summed E-state index contributed by atoms with van der Waals surface area (Å²) in [6.07, 6.45) is 1.46. The van der Waals surface area contributed by atoms with Gasteiger partial charge in [-0.1, -0.05) is 41.0 Å². The molecule has 2 aromatic carbocycles. The highest BCUT2D eigenvalue weighted by Gasteiger charge is 2.16. The maximum atomic E-state index is 13.9. The molecule has 0 spiro atoms. The summed E-state index contributed by atoms with van der Waals surface area (Å²) in [5.74, 6) is 0.345. The molecule has 2 aromatic rings. The summed E-state index contributed by atoms with van der Waals surface area (Å²) in [6.45, 7) is -0.112. The lowest BCUT2D eigenvalue weighted by molar-refractivity contribution is -0.116. The summed E-state index contributed by atoms with van der Waals surface area (Å²) < 4.78 is 24.9. The van der Waals surface area contributed by atoms with Gasteiger partial charge >= 0.3 is 0 Å². The molecular weight excluding hydrogens is 428 g/mol. The number of methoxy groups -OCH3 is 1. The number of halogens is 3. The summed E-state index contributed by atoms with van der Waals surface area (Å²) in [7, 11) is 1.46. The number of ether oxygens (including phenoxy) is 2. The van der Waals surface area contributed by atoms with Crippen molar-refractivity contribution in [3.05, 3.63) is 57.3 Å². The molecular formula is C18H14Cl2FN3O3S. The first kappa shape index (κ1) is 20.4. The topological polar surface area (TPSA) is 72.3 Å². The molecule has 0 radical (unpaired) electrons. The average molecular weight is 442 g/mol. The van der Waals surface area contributed by atoms with E-state index in [0.29, 0.717) is 22.2 Å². The van der Waals surface area contributed by atoms with Gasteiger partial charge in [-0.15, -0.1) is 5.10 Å². The second-order valence-corrected chi connectivity index (χ2v) is 7.29. The third kappa shape index (κ3) is 4.95. The van der Waals surface area contributed by atoms with Crippen LogP contribution in [0.4, 0.5) is 4.39 Å². The number of hydrogen-bond acceptors (Lipinski definition) is 6. The molecule has 28 heavy (non-hydrogen) atoms. The van der Waals surface area contributed by atoms with Crippen molar-refractivity contribution >= 4 is 52.3 Å². The van der Waals surface area contributed by atoms with Gasteiger partial charge in [0.25, 0.3) is 0 Å². The minimum absolute atomic E-state index is 0.111. The van der Waals surface area contributed by atoms with E-state index in [4.69, 9.17) is 32.7 Å². The van der Waals surface area contributed by atoms with Gasteiger partial charge in [-0.05, 0) is 24.3 Å². The highest BCUT2D eigenvalue weighted by molar-refractivity contribution is 8.15. The number of carbonyl (C=O) groups is 1. The van der Waals surface area contributed by atoms with Gasteiger partial charge in [-0.2, -0.15) is 5.10 Å². The van der Waals surface area contributed by atoms with Crippen LogP contribution in [0.15, 0.2) is 40.5 Å². The number of benzene rings is 2. The molecule has 0 saturated carbocycles. The third-order valence-electron chi connectivity index (χ3n) is 3.62. The number of amidine groups is 1. The minimum atomic E-state index is -0.470. The Morgan fingerprint density at radius 2 is 2.14 bits per heavy atom. The Labute approximate surface area is 174 Å². The Kier molecular flexibility index (Phi) is 6.77. The van der Waals surface area contributed by atoms with E-state index in [1.54, 1.807) is 18.2 Å². The molecule has 0 atom stereocenters. The number of hydrogen-bond donors (Lipinski definition) is 1. The van der Waals surface area contributed by atoms with Crippen LogP contribution in [0.5, 0.6) is 11.5 Å². The van der Waals surface area contributed by atoms with Crippen LogP contribution in [0.1, 0.15) is 11.1 Å². The van der Waals surface area contributed by atoms with E-state index in [1.807, 2.05) is 0 Å². The van der Waals surface area contributed by atoms with Crippen LogP contribution in [0.2, 0.25) is 10.0 Å². The zero-order valence-electron chi connectivity index (χ0n) is 14.5. The number of nitrogens with zero attached hydrogens (tertiary/aromatic N) is 2. The molecule has 1 saturated heterocycles. The van der Waals surface area contributed by atoms with Gasteiger partial charge in [0.15, 0.2) is 16.7 Å². The second kappa shape index (κ2) is 9.27. The predicted octanol–water partition coefficient (Wildman–Crippen LogP) is 4.27. The van der Waals surface area contributed by atoms with Crippen molar-refractivity contribution in [2.45, 2.75) is 6.61 Å². The van der Waals surface area contributed by atoms with Gasteiger partial charge in [0, 0.05) is 11.1 Å². The molecule has 0 bridgehead atoms. The van der Waals surface area contributed by atoms with Crippen molar-refractivity contribution in [2.75, 3.05) is 12.9 Å². The number of amides is 1. The Hall–Kier alpha value is -2.29. The molecule has 1 amide bonds. The van der Waals surface area contributed by atoms with Crippen molar-refractivity contribution in [3.8, 4) is 11.5 Å². The van der Waals surface area contributed by atoms with Gasteiger partial charge < -0.3 is 14.8 Å². The van der Waals surface area contributed by atoms with E-state index in [1.165, 1.54) is 37.2 Å². The van der Waals surface area contributed by atoms with Gasteiger partial charge in [0.2, 0.25) is 5.91 Å². The highest BCUT2D eigenvalue weighted by atomic mass is 35.5. The van der Waals surface area contributed by atoms with Crippen LogP contribution in [0.25, 0.3) is 0 Å². The van der Waals surface area contributed by atoms with Gasteiger partial charge in [0.1, 0.15) is 12.4 Å². The zero-order valence-corrected chi connectivity index (χ0v) is 16.9. The molecule has 146 valence electrons. The summed E-state index contributed by atoms with van der Waals surface area (Å²) in [5.41, 5.74) is 0.830. The van der Waals surface area contributed by atoms with E-state index in [-0.39, 0.29) is 33.9 Å². The van der Waals surface area contributed by atoms with E-state index >= 15 is 0 Å². The molecule has 1 aliphatic heterocycles. The fourth-order valence-electron chi connectivity index (χ4n) is 2.30. The molecule has 0 aromatic heterocycles. The van der Waals surface area contributed by atoms with Crippen LogP contribution in [-0.4, -0.2) is 30.2 Å². The molecule has 1 aliphatic rings. The smallest absolute Gasteiger partial charge is 0.236 e. The standard InChI is InChI=1S/C18H14Cl2FN3O3S/c1-26-15-6-10(7-22-24-18-23-16(25)9-28-18)5-13(20)17(15)27-8-11-12(19)3-2-4-14(11)21/h2-7H,8-9H2,1H3,(H,23,24,25)/b22-7-. The van der Waals surface area contributed by atoms with Gasteiger partial charge in [-0.25, -0.2) is 4.39 Å². The Balaban J connectivity index is 1.77. The summed E-state index contributed by atoms with van der Waals surface area (Å²) in [5, 5.41) is 11.4. The molecule has 1 N–H and O–H groups in total. The van der Waals surface area contributed by atoms with Crippen LogP contribution < -0.4 is 14.8 Å². The normalized spacial score (nSPS) is 15.3. The fourth-order valence-corrected chi connectivity index (χ4v) is 3.42. The van der Waals surface area contributed by atoms with Crippen molar-refractivity contribution < 1.29 is 18.7 Å². The fraction of sp³-hybridized carbons (Fsp3) is 0.167. The first-order valence-corrected chi connectivity index (χ1v) is 9.69. The Morgan fingerprint density at radius 1 is 1.32 bits per heavy atom. The lowest BCUT2D eigenvalue weighted by Crippen LogP contribution is -2.19. The summed E-state index contributed by atoms with van der Waals surface area (Å²) in [4.78, 5) is 11.1. The molecule has 0 aliphatic carbocycles. The van der Waals surface area contributed by atoms with Crippen molar-refractivity contribution in [1.82, 2.24) is 5.32 Å². The average Bonchev–Trinajstić information content (AvgIpc) is 3.07. The number of carbonyl (C=O) groups excluding carboxylic acids is 1. The van der Waals surface area contributed by atoms with Crippen molar-refractivity contribution in [3.63, 3.8) is 0 Å². The minimum Gasteiger partial charge on any atom is -0.493 e. The van der Waals surface area contributed by atoms with Crippen molar-refractivity contribution in [2.24, 2.45) is 10.2 Å². The third-order valence-corrected chi connectivity index (χ3v) is 5.11. The van der Waals surface area contributed by atoms with Crippen molar-refractivity contribution in [1.29, 1.82) is 0 Å². The van der Waals surface area contributed by atoms with E-state index in [2.05, 4.69) is 15.5 Å². The summed E-state index contributed by atoms with van der Waals surface area (Å²) in [6, 6.07) is 7.65. The van der Waals surface area contributed by atoms with Gasteiger partial charge in [0.05, 0.1) is 29.1 Å². The van der Waals surface area contributed by atoms with Crippen LogP contribution in [-0.2, 0) is 11.4 Å². The van der Waals surface area contributed by atoms with Crippen LogP contribution in [0.3, 0.4) is 0 Å². The quantitative estimate of drug-likeness (QED) is 0.536. The first-order valence-electron chi connectivity index (χ1n) is 7.95. The SMILES string of the molecule is COc1cc(/C=N\N=C2/NC(=O)CS2)cc(Cl)c1OCc1c(F)cccc1Cl. The van der Waals surface area contributed by atoms with Gasteiger partial charge in [-0.3, -0.25) is 4.79 Å². The van der Waals surface area contributed by atoms with Crippen LogP contribution >= 0.6 is 35.0 Å². The lowest BCUT2D eigenvalue weighted by Gasteiger charge is -2.14. The first-order chi connectivity index (χ1) is 13.5. The van der Waals surface area contributed by atoms with E-state index in [0.717, 1.165) is 0 Å². The molecule has 10 heteroatoms. The number of thioether (sulfide) groups is 1. The Bertz CT molecular complexity index is 949. The largest absolute Gasteiger partial charge is 0.493 e. The molecule has 1 fully saturated rings. The number of rotatable bonds is 6. The molecule has 6 nitrogen and oxygen atoms in total. The van der Waals surface area contributed by atoms with E-state index in [9.17, 15) is 9.18 Å². The number of nitrogens with one attached hydrogen (secondary N) is 1. The molecule has 1 heterocycles. The lowest BCUT2D eigenvalue weighted by atomic mass is 10.2. The van der Waals surface area contributed by atoms with Crippen LogP contribution in [0, 0.1) is 5.82 Å². The Morgan fingerprint density at radius 3 is 2.82 bits per heavy atom. The molecule has 0 unspecified atom stereocenters. The highest BCUT2D eigenvalue weighted by Crippen LogP contribution is 2.37. The molecule has 3 rings (SSSR count). The maximum absolute atomic E-state index is 13.9. The maximum Gasteiger partial charge on any atom is 0.236 e.